The van der Waals surface area contributed by atoms with E-state index >= 15 is 0 Å². The maximum atomic E-state index is 12.1. The Morgan fingerprint density at radius 3 is 3.05 bits per heavy atom. The van der Waals surface area contributed by atoms with E-state index in [0.29, 0.717) is 25.3 Å². The van der Waals surface area contributed by atoms with E-state index in [1.165, 1.54) is 0 Å². The SMILES string of the molecule is CNC(=O)CC1CCN(C(=O)CCc2cccnc2)C1. The van der Waals surface area contributed by atoms with Crippen LogP contribution < -0.4 is 5.32 Å². The maximum absolute atomic E-state index is 12.1. The molecule has 0 radical (unpaired) electrons. The van der Waals surface area contributed by atoms with E-state index in [2.05, 4.69) is 10.3 Å². The molecule has 1 aromatic heterocycles. The van der Waals surface area contributed by atoms with Gasteiger partial charge < -0.3 is 10.2 Å². The molecule has 1 aromatic rings. The highest BCUT2D eigenvalue weighted by atomic mass is 16.2. The minimum Gasteiger partial charge on any atom is -0.359 e. The summed E-state index contributed by atoms with van der Waals surface area (Å²) in [5.74, 6) is 0.533. The molecule has 1 aliphatic heterocycles. The second kappa shape index (κ2) is 7.03. The van der Waals surface area contributed by atoms with Crippen molar-refractivity contribution in [2.45, 2.75) is 25.7 Å². The van der Waals surface area contributed by atoms with E-state index in [-0.39, 0.29) is 11.8 Å². The number of aryl methyl sites for hydroxylation is 1. The molecule has 1 atom stereocenters. The highest BCUT2D eigenvalue weighted by molar-refractivity contribution is 5.78. The first-order valence-corrected chi connectivity index (χ1v) is 7.06. The predicted molar refractivity (Wildman–Crippen MR) is 75.9 cm³/mol. The van der Waals surface area contributed by atoms with Crippen LogP contribution in [0.3, 0.4) is 0 Å². The average Bonchev–Trinajstić information content (AvgIpc) is 2.94. The molecule has 2 rings (SSSR count). The third-order valence-electron chi connectivity index (χ3n) is 3.74. The molecule has 1 N–H and O–H groups in total. The summed E-state index contributed by atoms with van der Waals surface area (Å²) in [7, 11) is 1.65. The molecule has 5 nitrogen and oxygen atoms in total. The zero-order chi connectivity index (χ0) is 14.4. The fraction of sp³-hybridized carbons (Fsp3) is 0.533. The topological polar surface area (TPSA) is 62.3 Å². The minimum atomic E-state index is 0.0552. The molecule has 2 amide bonds. The molecule has 20 heavy (non-hydrogen) atoms. The first-order valence-electron chi connectivity index (χ1n) is 7.06. The smallest absolute Gasteiger partial charge is 0.222 e. The Balaban J connectivity index is 1.75. The van der Waals surface area contributed by atoms with E-state index in [1.807, 2.05) is 17.0 Å². The van der Waals surface area contributed by atoms with E-state index in [0.717, 1.165) is 24.9 Å². The minimum absolute atomic E-state index is 0.0552. The summed E-state index contributed by atoms with van der Waals surface area (Å²) in [6, 6.07) is 3.87. The molecule has 0 spiro atoms. The zero-order valence-electron chi connectivity index (χ0n) is 11.8. The van der Waals surface area contributed by atoms with E-state index in [9.17, 15) is 9.59 Å². The number of amides is 2. The lowest BCUT2D eigenvalue weighted by Gasteiger charge is -2.16. The lowest BCUT2D eigenvalue weighted by molar-refractivity contribution is -0.130. The number of pyridine rings is 1. The van der Waals surface area contributed by atoms with E-state index in [4.69, 9.17) is 0 Å². The van der Waals surface area contributed by atoms with Gasteiger partial charge in [-0.05, 0) is 30.4 Å². The first-order chi connectivity index (χ1) is 9.69. The second-order valence-electron chi connectivity index (χ2n) is 5.23. The van der Waals surface area contributed by atoms with Crippen LogP contribution in [0.25, 0.3) is 0 Å². The number of nitrogens with zero attached hydrogens (tertiary/aromatic N) is 2. The van der Waals surface area contributed by atoms with Crippen LogP contribution in [0.2, 0.25) is 0 Å². The molecule has 5 heteroatoms. The third-order valence-corrected chi connectivity index (χ3v) is 3.74. The molecule has 0 bridgehead atoms. The molecule has 0 saturated carbocycles. The molecule has 1 fully saturated rings. The Labute approximate surface area is 119 Å². The van der Waals surface area contributed by atoms with Gasteiger partial charge in [0.15, 0.2) is 0 Å². The highest BCUT2D eigenvalue weighted by Gasteiger charge is 2.27. The van der Waals surface area contributed by atoms with Crippen molar-refractivity contribution in [2.24, 2.45) is 5.92 Å². The number of rotatable bonds is 5. The Morgan fingerprint density at radius 1 is 1.50 bits per heavy atom. The lowest BCUT2D eigenvalue weighted by Crippen LogP contribution is -2.30. The predicted octanol–water partition coefficient (Wildman–Crippen LogP) is 0.999. The third kappa shape index (κ3) is 4.05. The van der Waals surface area contributed by atoms with Gasteiger partial charge in [-0.1, -0.05) is 6.07 Å². The maximum Gasteiger partial charge on any atom is 0.222 e. The van der Waals surface area contributed by atoms with Gasteiger partial charge in [-0.25, -0.2) is 0 Å². The van der Waals surface area contributed by atoms with Gasteiger partial charge in [-0.3, -0.25) is 14.6 Å². The number of hydrogen-bond donors (Lipinski definition) is 1. The van der Waals surface area contributed by atoms with Gasteiger partial charge >= 0.3 is 0 Å². The lowest BCUT2D eigenvalue weighted by atomic mass is 10.0. The van der Waals surface area contributed by atoms with E-state index in [1.54, 1.807) is 19.4 Å². The van der Waals surface area contributed by atoms with Crippen molar-refractivity contribution in [1.82, 2.24) is 15.2 Å². The Bertz CT molecular complexity index is 461. The highest BCUT2D eigenvalue weighted by Crippen LogP contribution is 2.20. The van der Waals surface area contributed by atoms with Gasteiger partial charge in [0.25, 0.3) is 0 Å². The van der Waals surface area contributed by atoms with Crippen molar-refractivity contribution in [1.29, 1.82) is 0 Å². The van der Waals surface area contributed by atoms with Crippen LogP contribution >= 0.6 is 0 Å². The number of carbonyl (C=O) groups excluding carboxylic acids is 2. The van der Waals surface area contributed by atoms with Crippen LogP contribution in [0.5, 0.6) is 0 Å². The first kappa shape index (κ1) is 14.5. The van der Waals surface area contributed by atoms with Gasteiger partial charge in [0, 0.05) is 45.4 Å². The van der Waals surface area contributed by atoms with Crippen LogP contribution in [-0.4, -0.2) is 41.8 Å². The van der Waals surface area contributed by atoms with Crippen molar-refractivity contribution in [3.05, 3.63) is 30.1 Å². The monoisotopic (exact) mass is 275 g/mol. The molecule has 1 aliphatic rings. The summed E-state index contributed by atoms with van der Waals surface area (Å²) in [6.07, 6.45) is 6.21. The zero-order valence-corrected chi connectivity index (χ0v) is 11.8. The number of nitrogens with one attached hydrogen (secondary N) is 1. The molecule has 0 aromatic carbocycles. The molecule has 1 unspecified atom stereocenters. The van der Waals surface area contributed by atoms with Crippen molar-refractivity contribution in [3.8, 4) is 0 Å². The van der Waals surface area contributed by atoms with E-state index < -0.39 is 0 Å². The normalized spacial score (nSPS) is 18.1. The van der Waals surface area contributed by atoms with Crippen LogP contribution in [0.15, 0.2) is 24.5 Å². The summed E-state index contributed by atoms with van der Waals surface area (Å²) in [4.78, 5) is 29.4. The fourth-order valence-electron chi connectivity index (χ4n) is 2.55. The van der Waals surface area contributed by atoms with Crippen molar-refractivity contribution in [2.75, 3.05) is 20.1 Å². The van der Waals surface area contributed by atoms with Crippen LogP contribution in [0.1, 0.15) is 24.8 Å². The van der Waals surface area contributed by atoms with Crippen molar-refractivity contribution < 1.29 is 9.59 Å². The molecular weight excluding hydrogens is 254 g/mol. The Morgan fingerprint density at radius 2 is 2.35 bits per heavy atom. The van der Waals surface area contributed by atoms with Crippen LogP contribution in [0, 0.1) is 5.92 Å². The summed E-state index contributed by atoms with van der Waals surface area (Å²) in [5, 5.41) is 2.63. The number of hydrogen-bond acceptors (Lipinski definition) is 3. The summed E-state index contributed by atoms with van der Waals surface area (Å²) < 4.78 is 0. The molecule has 0 aliphatic carbocycles. The number of aromatic nitrogens is 1. The second-order valence-corrected chi connectivity index (χ2v) is 5.23. The van der Waals surface area contributed by atoms with Crippen LogP contribution in [0.4, 0.5) is 0 Å². The molecule has 108 valence electrons. The van der Waals surface area contributed by atoms with Crippen molar-refractivity contribution in [3.63, 3.8) is 0 Å². The van der Waals surface area contributed by atoms with Gasteiger partial charge in [-0.15, -0.1) is 0 Å². The fourth-order valence-corrected chi connectivity index (χ4v) is 2.55. The summed E-state index contributed by atoms with van der Waals surface area (Å²) >= 11 is 0. The van der Waals surface area contributed by atoms with Gasteiger partial charge in [0.2, 0.25) is 11.8 Å². The molecule has 1 saturated heterocycles. The number of likely N-dealkylation sites (tertiary alicyclic amines) is 1. The molecule has 2 heterocycles. The van der Waals surface area contributed by atoms with Crippen molar-refractivity contribution >= 4 is 11.8 Å². The van der Waals surface area contributed by atoms with Crippen LogP contribution in [-0.2, 0) is 16.0 Å². The molecular formula is C15H21N3O2. The number of carbonyl (C=O) groups is 2. The Kier molecular flexibility index (Phi) is 5.09. The quantitative estimate of drug-likeness (QED) is 0.872. The Hall–Kier alpha value is -1.91. The summed E-state index contributed by atoms with van der Waals surface area (Å²) in [6.45, 7) is 1.48. The standard InChI is InChI=1S/C15H21N3O2/c1-16-14(19)9-13-6-8-18(11-13)15(20)5-4-12-3-2-7-17-10-12/h2-3,7,10,13H,4-6,8-9,11H2,1H3,(H,16,19). The van der Waals surface area contributed by atoms with Gasteiger partial charge in [0.05, 0.1) is 0 Å². The largest absolute Gasteiger partial charge is 0.359 e. The summed E-state index contributed by atoms with van der Waals surface area (Å²) in [5.41, 5.74) is 1.09. The average molecular weight is 275 g/mol. The van der Waals surface area contributed by atoms with Gasteiger partial charge in [-0.2, -0.15) is 0 Å². The van der Waals surface area contributed by atoms with Gasteiger partial charge in [0.1, 0.15) is 0 Å².